The van der Waals surface area contributed by atoms with Gasteiger partial charge in [0.1, 0.15) is 0 Å². The van der Waals surface area contributed by atoms with Gasteiger partial charge in [-0.25, -0.2) is 8.42 Å². The Kier molecular flexibility index (Phi) is 5.15. The molecule has 0 radical (unpaired) electrons. The SMILES string of the molecule is CC(CCCN)Cc1ccc(S(C)(=O)=O)cc1. The fourth-order valence-electron chi connectivity index (χ4n) is 1.84. The van der Waals surface area contributed by atoms with Crippen LogP contribution in [0.15, 0.2) is 29.2 Å². The number of benzene rings is 1. The third-order valence-electron chi connectivity index (χ3n) is 2.84. The first-order chi connectivity index (χ1) is 7.93. The Balaban J connectivity index is 2.63. The van der Waals surface area contributed by atoms with Gasteiger partial charge in [-0.1, -0.05) is 19.1 Å². The maximum absolute atomic E-state index is 11.3. The van der Waals surface area contributed by atoms with Crippen LogP contribution in [0.25, 0.3) is 0 Å². The van der Waals surface area contributed by atoms with Crippen LogP contribution in [-0.4, -0.2) is 21.2 Å². The first-order valence-electron chi connectivity index (χ1n) is 5.92. The molecule has 3 nitrogen and oxygen atoms in total. The first kappa shape index (κ1) is 14.2. The van der Waals surface area contributed by atoms with Crippen LogP contribution in [0.3, 0.4) is 0 Å². The van der Waals surface area contributed by atoms with Crippen molar-refractivity contribution >= 4 is 9.84 Å². The zero-order chi connectivity index (χ0) is 12.9. The summed E-state index contributed by atoms with van der Waals surface area (Å²) < 4.78 is 22.6. The molecular formula is C13H21NO2S. The van der Waals surface area contributed by atoms with Gasteiger partial charge in [-0.3, -0.25) is 0 Å². The van der Waals surface area contributed by atoms with E-state index >= 15 is 0 Å². The van der Waals surface area contributed by atoms with Crippen molar-refractivity contribution in [1.29, 1.82) is 0 Å². The Morgan fingerprint density at radius 1 is 1.24 bits per heavy atom. The van der Waals surface area contributed by atoms with Crippen molar-refractivity contribution in [3.8, 4) is 0 Å². The normalized spacial score (nSPS) is 13.6. The van der Waals surface area contributed by atoms with E-state index < -0.39 is 9.84 Å². The molecule has 1 aromatic carbocycles. The van der Waals surface area contributed by atoms with Gasteiger partial charge in [0.25, 0.3) is 0 Å². The Morgan fingerprint density at radius 2 is 1.82 bits per heavy atom. The minimum atomic E-state index is -3.08. The third kappa shape index (κ3) is 4.88. The summed E-state index contributed by atoms with van der Waals surface area (Å²) in [5, 5.41) is 0. The largest absolute Gasteiger partial charge is 0.330 e. The molecule has 0 aromatic heterocycles. The molecule has 0 saturated carbocycles. The highest BCUT2D eigenvalue weighted by Gasteiger charge is 2.07. The van der Waals surface area contributed by atoms with Gasteiger partial charge >= 0.3 is 0 Å². The molecule has 1 rings (SSSR count). The molecular weight excluding hydrogens is 234 g/mol. The molecule has 0 amide bonds. The molecule has 0 bridgehead atoms. The summed E-state index contributed by atoms with van der Waals surface area (Å²) in [6, 6.07) is 7.16. The highest BCUT2D eigenvalue weighted by molar-refractivity contribution is 7.90. The Labute approximate surface area is 104 Å². The summed E-state index contributed by atoms with van der Waals surface area (Å²) in [5.41, 5.74) is 6.65. The van der Waals surface area contributed by atoms with Crippen molar-refractivity contribution in [3.63, 3.8) is 0 Å². The van der Waals surface area contributed by atoms with Crippen LogP contribution in [0.2, 0.25) is 0 Å². The van der Waals surface area contributed by atoms with Crippen molar-refractivity contribution in [3.05, 3.63) is 29.8 Å². The summed E-state index contributed by atoms with van der Waals surface area (Å²) >= 11 is 0. The highest BCUT2D eigenvalue weighted by Crippen LogP contribution is 2.16. The molecule has 17 heavy (non-hydrogen) atoms. The number of sulfone groups is 1. The molecule has 0 heterocycles. The number of hydrogen-bond acceptors (Lipinski definition) is 3. The second-order valence-corrected chi connectivity index (χ2v) is 6.67. The van der Waals surface area contributed by atoms with Gasteiger partial charge in [-0.2, -0.15) is 0 Å². The standard InChI is InChI=1S/C13H21NO2S/c1-11(4-3-9-14)10-12-5-7-13(8-6-12)17(2,15)16/h5-8,11H,3-4,9-10,14H2,1-2H3. The minimum absolute atomic E-state index is 0.385. The first-order valence-corrected chi connectivity index (χ1v) is 7.81. The molecule has 0 spiro atoms. The van der Waals surface area contributed by atoms with Gasteiger partial charge in [0.15, 0.2) is 9.84 Å². The van der Waals surface area contributed by atoms with Crippen LogP contribution < -0.4 is 5.73 Å². The van der Waals surface area contributed by atoms with Crippen LogP contribution in [0.4, 0.5) is 0 Å². The topological polar surface area (TPSA) is 60.2 Å². The quantitative estimate of drug-likeness (QED) is 0.846. The lowest BCUT2D eigenvalue weighted by molar-refractivity contribution is 0.512. The van der Waals surface area contributed by atoms with Crippen LogP contribution in [-0.2, 0) is 16.3 Å². The van der Waals surface area contributed by atoms with Gasteiger partial charge in [-0.15, -0.1) is 0 Å². The maximum atomic E-state index is 11.3. The third-order valence-corrected chi connectivity index (χ3v) is 3.97. The van der Waals surface area contributed by atoms with E-state index in [1.165, 1.54) is 11.8 Å². The van der Waals surface area contributed by atoms with Crippen molar-refractivity contribution < 1.29 is 8.42 Å². The number of nitrogens with two attached hydrogens (primary N) is 1. The van der Waals surface area contributed by atoms with E-state index in [4.69, 9.17) is 5.73 Å². The zero-order valence-corrected chi connectivity index (χ0v) is 11.3. The second kappa shape index (κ2) is 6.17. The molecule has 0 aliphatic rings. The molecule has 1 unspecified atom stereocenters. The molecule has 1 aromatic rings. The van der Waals surface area contributed by atoms with Crippen LogP contribution >= 0.6 is 0 Å². The summed E-state index contributed by atoms with van der Waals surface area (Å²) in [7, 11) is -3.08. The van der Waals surface area contributed by atoms with Gasteiger partial charge in [0.05, 0.1) is 4.90 Å². The number of hydrogen-bond donors (Lipinski definition) is 1. The van der Waals surface area contributed by atoms with Crippen molar-refractivity contribution in [2.24, 2.45) is 11.7 Å². The Hall–Kier alpha value is -0.870. The van der Waals surface area contributed by atoms with E-state index in [0.29, 0.717) is 10.8 Å². The lowest BCUT2D eigenvalue weighted by Gasteiger charge is -2.10. The zero-order valence-electron chi connectivity index (χ0n) is 10.5. The average molecular weight is 255 g/mol. The predicted molar refractivity (Wildman–Crippen MR) is 70.7 cm³/mol. The van der Waals surface area contributed by atoms with E-state index in [9.17, 15) is 8.42 Å². The minimum Gasteiger partial charge on any atom is -0.330 e. The van der Waals surface area contributed by atoms with E-state index in [1.807, 2.05) is 12.1 Å². The molecule has 0 fully saturated rings. The van der Waals surface area contributed by atoms with Crippen LogP contribution in [0.5, 0.6) is 0 Å². The highest BCUT2D eigenvalue weighted by atomic mass is 32.2. The van der Waals surface area contributed by atoms with Crippen LogP contribution in [0.1, 0.15) is 25.3 Å². The van der Waals surface area contributed by atoms with Crippen LogP contribution in [0, 0.1) is 5.92 Å². The molecule has 4 heteroatoms. The van der Waals surface area contributed by atoms with Crippen molar-refractivity contribution in [1.82, 2.24) is 0 Å². The second-order valence-electron chi connectivity index (χ2n) is 4.66. The fraction of sp³-hybridized carbons (Fsp3) is 0.538. The summed E-state index contributed by atoms with van der Waals surface area (Å²) in [4.78, 5) is 0.385. The molecule has 0 aliphatic carbocycles. The lowest BCUT2D eigenvalue weighted by Crippen LogP contribution is -2.05. The molecule has 1 atom stereocenters. The van der Waals surface area contributed by atoms with Crippen molar-refractivity contribution in [2.45, 2.75) is 31.1 Å². The van der Waals surface area contributed by atoms with Gasteiger partial charge in [0.2, 0.25) is 0 Å². The summed E-state index contributed by atoms with van der Waals surface area (Å²) in [6.07, 6.45) is 4.36. The van der Waals surface area contributed by atoms with Crippen molar-refractivity contribution in [2.75, 3.05) is 12.8 Å². The van der Waals surface area contributed by atoms with E-state index in [0.717, 1.165) is 25.8 Å². The van der Waals surface area contributed by atoms with E-state index in [1.54, 1.807) is 12.1 Å². The average Bonchev–Trinajstić information content (AvgIpc) is 2.26. The predicted octanol–water partition coefficient (Wildman–Crippen LogP) is 2.01. The fourth-order valence-corrected chi connectivity index (χ4v) is 2.47. The maximum Gasteiger partial charge on any atom is 0.175 e. The lowest BCUT2D eigenvalue weighted by atomic mass is 9.97. The molecule has 96 valence electrons. The summed E-state index contributed by atoms with van der Waals surface area (Å²) in [5.74, 6) is 0.586. The van der Waals surface area contributed by atoms with Gasteiger partial charge in [-0.05, 0) is 49.4 Å². The molecule has 2 N–H and O–H groups in total. The van der Waals surface area contributed by atoms with E-state index in [2.05, 4.69) is 6.92 Å². The van der Waals surface area contributed by atoms with E-state index in [-0.39, 0.29) is 0 Å². The molecule has 0 saturated heterocycles. The smallest absolute Gasteiger partial charge is 0.175 e. The molecule has 0 aliphatic heterocycles. The van der Waals surface area contributed by atoms with Gasteiger partial charge < -0.3 is 5.73 Å². The van der Waals surface area contributed by atoms with Gasteiger partial charge in [0, 0.05) is 6.26 Å². The Morgan fingerprint density at radius 3 is 2.29 bits per heavy atom. The summed E-state index contributed by atoms with van der Waals surface area (Å²) in [6.45, 7) is 2.93. The Bertz CT molecular complexity index is 437. The number of rotatable bonds is 6. The monoisotopic (exact) mass is 255 g/mol.